The lowest BCUT2D eigenvalue weighted by molar-refractivity contribution is -0.139. The average Bonchev–Trinajstić information content (AvgIpc) is 2.39. The van der Waals surface area contributed by atoms with Crippen molar-refractivity contribution >= 4 is 14.5 Å². The third-order valence-corrected chi connectivity index (χ3v) is 6.99. The third-order valence-electron chi connectivity index (χ3n) is 2.98. The summed E-state index contributed by atoms with van der Waals surface area (Å²) in [4.78, 5) is 11.2. The van der Waals surface area contributed by atoms with Crippen molar-refractivity contribution < 1.29 is 18.4 Å². The Morgan fingerprint density at radius 3 is 2.10 bits per heavy atom. The minimum atomic E-state index is -2.05. The molecule has 0 amide bonds. The Morgan fingerprint density at radius 2 is 1.65 bits per heavy atom. The van der Waals surface area contributed by atoms with Gasteiger partial charge in [0.25, 0.3) is 0 Å². The van der Waals surface area contributed by atoms with Crippen LogP contribution >= 0.6 is 0 Å². The van der Waals surface area contributed by atoms with Gasteiger partial charge in [-0.05, 0) is 45.7 Å². The molecule has 0 radical (unpaired) electrons. The summed E-state index contributed by atoms with van der Waals surface area (Å²) in [6.45, 7) is 13.3. The second kappa shape index (κ2) is 11.1. The maximum atomic E-state index is 11.2. The molecule has 0 aromatic rings. The van der Waals surface area contributed by atoms with E-state index < -0.39 is 8.56 Å². The van der Waals surface area contributed by atoms with Crippen LogP contribution in [-0.4, -0.2) is 34.4 Å². The first kappa shape index (κ1) is 19.3. The van der Waals surface area contributed by atoms with E-state index >= 15 is 0 Å². The zero-order chi connectivity index (χ0) is 15.4. The highest BCUT2D eigenvalue weighted by Crippen LogP contribution is 2.23. The van der Waals surface area contributed by atoms with Crippen molar-refractivity contribution in [2.45, 2.75) is 59.0 Å². The van der Waals surface area contributed by atoms with Crippen LogP contribution in [0.2, 0.25) is 12.1 Å². The summed E-state index contributed by atoms with van der Waals surface area (Å²) in [6, 6.07) is 1.99. The molecule has 0 rings (SSSR count). The monoisotopic (exact) mass is 302 g/mol. The van der Waals surface area contributed by atoms with Gasteiger partial charge in [-0.25, -0.2) is 4.79 Å². The van der Waals surface area contributed by atoms with Crippen LogP contribution in [0.1, 0.15) is 47.0 Å². The largest absolute Gasteiger partial charge is 0.462 e. The molecule has 0 fully saturated rings. The second-order valence-corrected chi connectivity index (χ2v) is 8.30. The van der Waals surface area contributed by atoms with Crippen LogP contribution in [0.25, 0.3) is 0 Å². The highest BCUT2D eigenvalue weighted by atomic mass is 28.4. The molecule has 0 aliphatic carbocycles. The molecular formula is C15H30O4Si. The Bertz CT molecular complexity index is 275. The lowest BCUT2D eigenvalue weighted by atomic mass is 10.3. The Hall–Kier alpha value is -0.653. The molecule has 0 aliphatic heterocycles. The predicted octanol–water partition coefficient (Wildman–Crippen LogP) is 3.81. The molecule has 4 nitrogen and oxygen atoms in total. The number of hydrogen-bond donors (Lipinski definition) is 0. The predicted molar refractivity (Wildman–Crippen MR) is 83.9 cm³/mol. The van der Waals surface area contributed by atoms with E-state index in [-0.39, 0.29) is 5.97 Å². The van der Waals surface area contributed by atoms with Crippen LogP contribution in [0.3, 0.4) is 0 Å². The van der Waals surface area contributed by atoms with Crippen molar-refractivity contribution in [2.75, 3.05) is 19.8 Å². The molecule has 0 aliphatic rings. The first-order valence-corrected chi connectivity index (χ1v) is 9.85. The highest BCUT2D eigenvalue weighted by Gasteiger charge is 2.35. The van der Waals surface area contributed by atoms with Crippen molar-refractivity contribution in [3.05, 3.63) is 12.2 Å². The Kier molecular flexibility index (Phi) is 10.7. The molecule has 20 heavy (non-hydrogen) atoms. The SMILES string of the molecule is C=C(C)C(=O)OCCCC[Si](CCC)(OCC)OCC. The van der Waals surface area contributed by atoms with Crippen LogP contribution in [0, 0.1) is 0 Å². The molecule has 0 heterocycles. The lowest BCUT2D eigenvalue weighted by Gasteiger charge is -2.29. The van der Waals surface area contributed by atoms with Gasteiger partial charge in [0.15, 0.2) is 0 Å². The number of unbranched alkanes of at least 4 members (excludes halogenated alkanes) is 1. The molecule has 5 heteroatoms. The maximum absolute atomic E-state index is 11.2. The molecule has 0 saturated heterocycles. The minimum Gasteiger partial charge on any atom is -0.462 e. The molecule has 0 saturated carbocycles. The van der Waals surface area contributed by atoms with Crippen molar-refractivity contribution in [3.8, 4) is 0 Å². The molecule has 0 spiro atoms. The van der Waals surface area contributed by atoms with Gasteiger partial charge in [-0.3, -0.25) is 0 Å². The molecule has 0 aromatic heterocycles. The van der Waals surface area contributed by atoms with E-state index in [1.165, 1.54) is 0 Å². The zero-order valence-corrected chi connectivity index (χ0v) is 14.5. The summed E-state index contributed by atoms with van der Waals surface area (Å²) in [5, 5.41) is 0. The average molecular weight is 302 g/mol. The minimum absolute atomic E-state index is 0.309. The molecule has 0 unspecified atom stereocenters. The molecule has 0 atom stereocenters. The Labute approximate surface area is 124 Å². The fourth-order valence-electron chi connectivity index (χ4n) is 2.15. The first-order valence-electron chi connectivity index (χ1n) is 7.61. The lowest BCUT2D eigenvalue weighted by Crippen LogP contribution is -2.42. The summed E-state index contributed by atoms with van der Waals surface area (Å²) in [6.07, 6.45) is 2.89. The summed E-state index contributed by atoms with van der Waals surface area (Å²) >= 11 is 0. The number of esters is 1. The fourth-order valence-corrected chi connectivity index (χ4v) is 5.66. The van der Waals surface area contributed by atoms with E-state index in [0.29, 0.717) is 25.4 Å². The van der Waals surface area contributed by atoms with Crippen LogP contribution < -0.4 is 0 Å². The summed E-state index contributed by atoms with van der Waals surface area (Å²) in [5.41, 5.74) is 0.448. The molecule has 0 aromatic carbocycles. The van der Waals surface area contributed by atoms with Crippen molar-refractivity contribution in [1.82, 2.24) is 0 Å². The number of carbonyl (C=O) groups is 1. The topological polar surface area (TPSA) is 44.8 Å². The van der Waals surface area contributed by atoms with Crippen LogP contribution in [0.15, 0.2) is 12.2 Å². The van der Waals surface area contributed by atoms with Gasteiger partial charge in [0.1, 0.15) is 0 Å². The van der Waals surface area contributed by atoms with E-state index in [4.69, 9.17) is 13.6 Å². The second-order valence-electron chi connectivity index (χ2n) is 4.90. The van der Waals surface area contributed by atoms with Gasteiger partial charge in [0, 0.05) is 18.8 Å². The number of hydrogen-bond acceptors (Lipinski definition) is 4. The van der Waals surface area contributed by atoms with E-state index in [2.05, 4.69) is 13.5 Å². The quantitative estimate of drug-likeness (QED) is 0.238. The van der Waals surface area contributed by atoms with Crippen LogP contribution in [0.5, 0.6) is 0 Å². The van der Waals surface area contributed by atoms with Crippen molar-refractivity contribution in [3.63, 3.8) is 0 Å². The third kappa shape index (κ3) is 7.82. The Balaban J connectivity index is 4.12. The summed E-state index contributed by atoms with van der Waals surface area (Å²) in [5.74, 6) is -0.309. The number of rotatable bonds is 12. The summed E-state index contributed by atoms with van der Waals surface area (Å²) < 4.78 is 17.0. The first-order chi connectivity index (χ1) is 9.51. The van der Waals surface area contributed by atoms with E-state index in [1.54, 1.807) is 6.92 Å². The molecule has 0 bridgehead atoms. The maximum Gasteiger partial charge on any atom is 0.338 e. The van der Waals surface area contributed by atoms with Crippen LogP contribution in [0.4, 0.5) is 0 Å². The normalized spacial score (nSPS) is 11.4. The van der Waals surface area contributed by atoms with E-state index in [1.807, 2.05) is 13.8 Å². The van der Waals surface area contributed by atoms with Gasteiger partial charge in [-0.15, -0.1) is 0 Å². The van der Waals surface area contributed by atoms with Gasteiger partial charge in [-0.1, -0.05) is 19.9 Å². The van der Waals surface area contributed by atoms with Gasteiger partial charge in [-0.2, -0.15) is 0 Å². The highest BCUT2D eigenvalue weighted by molar-refractivity contribution is 6.67. The van der Waals surface area contributed by atoms with Gasteiger partial charge < -0.3 is 13.6 Å². The van der Waals surface area contributed by atoms with Gasteiger partial charge in [0.05, 0.1) is 6.61 Å². The fraction of sp³-hybridized carbons (Fsp3) is 0.800. The number of carbonyl (C=O) groups excluding carboxylic acids is 1. The Morgan fingerprint density at radius 1 is 1.05 bits per heavy atom. The van der Waals surface area contributed by atoms with Crippen LogP contribution in [-0.2, 0) is 18.4 Å². The van der Waals surface area contributed by atoms with Crippen molar-refractivity contribution in [1.29, 1.82) is 0 Å². The van der Waals surface area contributed by atoms with E-state index in [0.717, 1.165) is 31.4 Å². The number of ether oxygens (including phenoxy) is 1. The van der Waals surface area contributed by atoms with E-state index in [9.17, 15) is 4.79 Å². The van der Waals surface area contributed by atoms with Gasteiger partial charge >= 0.3 is 14.5 Å². The smallest absolute Gasteiger partial charge is 0.338 e. The zero-order valence-electron chi connectivity index (χ0n) is 13.5. The molecular weight excluding hydrogens is 272 g/mol. The molecule has 0 N–H and O–H groups in total. The standard InChI is InChI=1S/C15H30O4Si/c1-6-12-20(18-7-2,19-8-3)13-10-9-11-17-15(16)14(4)5/h4,6-13H2,1-3,5H3. The van der Waals surface area contributed by atoms with Gasteiger partial charge in [0.2, 0.25) is 0 Å². The summed E-state index contributed by atoms with van der Waals surface area (Å²) in [7, 11) is -2.05. The molecule has 118 valence electrons. The van der Waals surface area contributed by atoms with Crippen molar-refractivity contribution in [2.24, 2.45) is 0 Å².